The van der Waals surface area contributed by atoms with Crippen molar-refractivity contribution in [3.8, 4) is 5.75 Å². The molecule has 1 heterocycles. The number of benzene rings is 1. The van der Waals surface area contributed by atoms with Gasteiger partial charge in [-0.25, -0.2) is 9.69 Å². The summed E-state index contributed by atoms with van der Waals surface area (Å²) in [4.78, 5) is 23.0. The van der Waals surface area contributed by atoms with Crippen molar-refractivity contribution in [2.24, 2.45) is 11.8 Å². The van der Waals surface area contributed by atoms with Crippen LogP contribution in [0, 0.1) is 11.8 Å². The first-order valence-electron chi connectivity index (χ1n) is 11.4. The van der Waals surface area contributed by atoms with Crippen molar-refractivity contribution >= 4 is 12.5 Å². The lowest BCUT2D eigenvalue weighted by molar-refractivity contribution is -0.187. The Morgan fingerprint density at radius 1 is 1.32 bits per heavy atom. The third kappa shape index (κ3) is 8.59. The molecule has 2 atom stereocenters. The van der Waals surface area contributed by atoms with Gasteiger partial charge in [0.05, 0.1) is 13.2 Å². The summed E-state index contributed by atoms with van der Waals surface area (Å²) >= 11 is 0. The first-order chi connectivity index (χ1) is 15.0. The second-order valence-corrected chi connectivity index (χ2v) is 8.45. The van der Waals surface area contributed by atoms with Crippen LogP contribution in [0.4, 0.5) is 4.79 Å². The molecule has 2 amide bonds. The van der Waals surface area contributed by atoms with Crippen LogP contribution in [0.25, 0.3) is 0 Å². The molecule has 3 rings (SSSR count). The summed E-state index contributed by atoms with van der Waals surface area (Å²) in [5.74, 6) is 1.79. The van der Waals surface area contributed by atoms with Crippen molar-refractivity contribution in [1.29, 1.82) is 0 Å². The van der Waals surface area contributed by atoms with E-state index in [4.69, 9.17) is 14.2 Å². The molecule has 1 aromatic rings. The first kappa shape index (κ1) is 25.3. The van der Waals surface area contributed by atoms with Crippen LogP contribution in [-0.2, 0) is 14.3 Å². The van der Waals surface area contributed by atoms with Gasteiger partial charge < -0.3 is 19.5 Å². The van der Waals surface area contributed by atoms with Gasteiger partial charge in [0.2, 0.25) is 6.41 Å². The first-order valence-corrected chi connectivity index (χ1v) is 11.4. The number of nitrogens with zero attached hydrogens (tertiary/aromatic N) is 1. The zero-order valence-corrected chi connectivity index (χ0v) is 19.2. The number of nitrogens with one attached hydrogen (secondary N) is 1. The predicted octanol–water partition coefficient (Wildman–Crippen LogP) is 4.22. The molecule has 1 aliphatic carbocycles. The van der Waals surface area contributed by atoms with Crippen LogP contribution in [-0.4, -0.2) is 56.5 Å². The minimum atomic E-state index is -0.641. The van der Waals surface area contributed by atoms with E-state index in [1.54, 1.807) is 24.3 Å². The Bertz CT molecular complexity index is 649. The number of rotatable bonds is 8. The van der Waals surface area contributed by atoms with Crippen molar-refractivity contribution < 1.29 is 23.8 Å². The molecule has 0 radical (unpaired) electrons. The van der Waals surface area contributed by atoms with Crippen molar-refractivity contribution in [3.63, 3.8) is 0 Å². The highest BCUT2D eigenvalue weighted by Gasteiger charge is 2.41. The van der Waals surface area contributed by atoms with Crippen LogP contribution in [0.5, 0.6) is 5.75 Å². The highest BCUT2D eigenvalue weighted by molar-refractivity contribution is 5.81. The zero-order chi connectivity index (χ0) is 22.5. The highest BCUT2D eigenvalue weighted by atomic mass is 16.7. The fourth-order valence-electron chi connectivity index (χ4n) is 4.34. The molecule has 2 unspecified atom stereocenters. The lowest BCUT2D eigenvalue weighted by Crippen LogP contribution is -2.37. The van der Waals surface area contributed by atoms with Gasteiger partial charge in [-0.15, -0.1) is 0 Å². The Labute approximate surface area is 186 Å². The molecule has 1 N–H and O–H groups in total. The molecule has 1 saturated heterocycles. The molecule has 31 heavy (non-hydrogen) atoms. The summed E-state index contributed by atoms with van der Waals surface area (Å²) in [5.41, 5.74) is 0. The number of imide groups is 1. The normalized spacial score (nSPS) is 20.4. The van der Waals surface area contributed by atoms with Gasteiger partial charge in [-0.1, -0.05) is 38.5 Å². The van der Waals surface area contributed by atoms with Crippen molar-refractivity contribution in [2.75, 3.05) is 33.4 Å². The van der Waals surface area contributed by atoms with Gasteiger partial charge in [-0.05, 0) is 56.8 Å². The minimum absolute atomic E-state index is 0.192. The van der Waals surface area contributed by atoms with Crippen LogP contribution in [0.1, 0.15) is 52.4 Å². The Morgan fingerprint density at radius 3 is 2.65 bits per heavy atom. The van der Waals surface area contributed by atoms with E-state index in [2.05, 4.69) is 12.2 Å². The van der Waals surface area contributed by atoms with E-state index in [-0.39, 0.29) is 5.79 Å². The van der Waals surface area contributed by atoms with E-state index in [1.165, 1.54) is 19.3 Å². The summed E-state index contributed by atoms with van der Waals surface area (Å²) in [5, 5.41) is 3.26. The third-order valence-corrected chi connectivity index (χ3v) is 5.65. The molecule has 1 saturated carbocycles. The molecule has 174 valence electrons. The fraction of sp³-hybridized carbons (Fsp3) is 0.667. The van der Waals surface area contributed by atoms with Crippen LogP contribution in [0.15, 0.2) is 30.3 Å². The van der Waals surface area contributed by atoms with E-state index in [0.29, 0.717) is 25.1 Å². The van der Waals surface area contributed by atoms with Gasteiger partial charge in [0.25, 0.3) is 0 Å². The molecule has 2 aliphatic rings. The summed E-state index contributed by atoms with van der Waals surface area (Å²) in [6.45, 7) is 7.28. The number of hydrogen-bond donors (Lipinski definition) is 1. The smallest absolute Gasteiger partial charge is 0.410 e. The van der Waals surface area contributed by atoms with Gasteiger partial charge in [0.1, 0.15) is 5.75 Å². The minimum Gasteiger partial charge on any atom is -0.410 e. The average molecular weight is 435 g/mol. The summed E-state index contributed by atoms with van der Waals surface area (Å²) in [6, 6.07) is 8.65. The number of carbonyl (C=O) groups is 2. The van der Waals surface area contributed by atoms with E-state index in [9.17, 15) is 9.59 Å². The van der Waals surface area contributed by atoms with Crippen molar-refractivity contribution in [1.82, 2.24) is 10.2 Å². The van der Waals surface area contributed by atoms with E-state index in [1.807, 2.05) is 20.0 Å². The molecule has 7 nitrogen and oxygen atoms in total. The fourth-order valence-corrected chi connectivity index (χ4v) is 4.34. The number of carbonyl (C=O) groups excluding carboxylic acids is 2. The lowest BCUT2D eigenvalue weighted by atomic mass is 9.80. The largest absolute Gasteiger partial charge is 0.421 e. The van der Waals surface area contributed by atoms with Crippen LogP contribution < -0.4 is 10.1 Å². The summed E-state index contributed by atoms with van der Waals surface area (Å²) < 4.78 is 16.6. The zero-order valence-electron chi connectivity index (χ0n) is 19.2. The van der Waals surface area contributed by atoms with Crippen LogP contribution >= 0.6 is 0 Å². The van der Waals surface area contributed by atoms with Crippen molar-refractivity contribution in [3.05, 3.63) is 30.3 Å². The van der Waals surface area contributed by atoms with E-state index >= 15 is 0 Å². The predicted molar refractivity (Wildman–Crippen MR) is 120 cm³/mol. The maximum absolute atomic E-state index is 11.4. The molecule has 1 aliphatic heterocycles. The van der Waals surface area contributed by atoms with Gasteiger partial charge in [-0.2, -0.15) is 0 Å². The summed E-state index contributed by atoms with van der Waals surface area (Å²) in [6.07, 6.45) is 6.68. The van der Waals surface area contributed by atoms with Crippen molar-refractivity contribution in [2.45, 2.75) is 58.2 Å². The molecular formula is C24H38N2O5. The average Bonchev–Trinajstić information content (AvgIpc) is 3.20. The Balaban J connectivity index is 0.000000221. The number of para-hydroxylation sites is 1. The van der Waals surface area contributed by atoms with Crippen LogP contribution in [0.2, 0.25) is 0 Å². The molecule has 1 aromatic carbocycles. The highest BCUT2D eigenvalue weighted by Crippen LogP contribution is 2.40. The number of amides is 2. The maximum atomic E-state index is 11.4. The Morgan fingerprint density at radius 2 is 2.03 bits per heavy atom. The van der Waals surface area contributed by atoms with E-state index < -0.39 is 6.09 Å². The van der Waals surface area contributed by atoms with Gasteiger partial charge in [0.15, 0.2) is 5.79 Å². The van der Waals surface area contributed by atoms with E-state index in [0.717, 1.165) is 49.3 Å². The van der Waals surface area contributed by atoms with Gasteiger partial charge in [0, 0.05) is 19.4 Å². The second-order valence-electron chi connectivity index (χ2n) is 8.45. The maximum Gasteiger partial charge on any atom is 0.421 e. The monoisotopic (exact) mass is 434 g/mol. The number of ether oxygens (including phenoxy) is 3. The van der Waals surface area contributed by atoms with Gasteiger partial charge >= 0.3 is 6.09 Å². The Kier molecular flexibility index (Phi) is 11.0. The quantitative estimate of drug-likeness (QED) is 0.618. The molecule has 0 bridgehead atoms. The third-order valence-electron chi connectivity index (χ3n) is 5.65. The van der Waals surface area contributed by atoms with Crippen LogP contribution in [0.3, 0.4) is 0 Å². The molecule has 2 fully saturated rings. The summed E-state index contributed by atoms with van der Waals surface area (Å²) in [7, 11) is 2.03. The molecule has 0 aromatic heterocycles. The Hall–Kier alpha value is -1.96. The number of hydrogen-bond acceptors (Lipinski definition) is 6. The lowest BCUT2D eigenvalue weighted by Gasteiger charge is -2.37. The molecule has 1 spiro atoms. The molecule has 7 heteroatoms. The standard InChI is InChI=1S/C13H25NO2.C11H13NO3/c1-11(10-14-2)8-12-4-3-5-13(9-12)15-6-7-16-13;1-2-8-12(9-13)11(14)15-10-6-4-3-5-7-10/h11-12,14H,3-10H2,1-2H3;3-7,9H,2,8H2,1H3. The second kappa shape index (κ2) is 13.5. The topological polar surface area (TPSA) is 77.1 Å². The SMILES string of the molecule is CCCN(C=O)C(=O)Oc1ccccc1.CNCC(C)CC1CCCC2(C1)OCCO2. The molecular weight excluding hydrogens is 396 g/mol. The van der Waals surface area contributed by atoms with Gasteiger partial charge in [-0.3, -0.25) is 4.79 Å².